The maximum absolute atomic E-state index is 12.8. The zero-order valence-corrected chi connectivity index (χ0v) is 14.9. The second-order valence-corrected chi connectivity index (χ2v) is 6.73. The van der Waals surface area contributed by atoms with Gasteiger partial charge in [0, 0.05) is 30.8 Å². The molecule has 0 aromatic carbocycles. The van der Waals surface area contributed by atoms with Gasteiger partial charge >= 0.3 is 6.18 Å². The third-order valence-electron chi connectivity index (χ3n) is 4.44. The van der Waals surface area contributed by atoms with E-state index in [1.807, 2.05) is 6.07 Å². The second-order valence-electron chi connectivity index (χ2n) is 6.73. The Labute approximate surface area is 158 Å². The van der Waals surface area contributed by atoms with Crippen LogP contribution in [0.5, 0.6) is 0 Å². The van der Waals surface area contributed by atoms with E-state index in [2.05, 4.69) is 20.5 Å². The molecule has 4 rings (SSSR count). The number of alkyl halides is 3. The van der Waals surface area contributed by atoms with Gasteiger partial charge in [0.25, 0.3) is 0 Å². The first-order chi connectivity index (χ1) is 13.3. The molecule has 1 aliphatic carbocycles. The van der Waals surface area contributed by atoms with Gasteiger partial charge in [-0.1, -0.05) is 6.07 Å². The number of carbonyl (C=O) groups excluding carboxylic acids is 1. The Morgan fingerprint density at radius 2 is 2.11 bits per heavy atom. The van der Waals surface area contributed by atoms with Crippen molar-refractivity contribution in [1.29, 1.82) is 0 Å². The van der Waals surface area contributed by atoms with Crippen LogP contribution in [-0.4, -0.2) is 30.5 Å². The Kier molecular flexibility index (Phi) is 4.40. The molecule has 3 aromatic heterocycles. The minimum Gasteiger partial charge on any atom is -0.309 e. The number of anilines is 1. The van der Waals surface area contributed by atoms with Crippen molar-refractivity contribution in [2.24, 2.45) is 7.05 Å². The molecule has 3 heterocycles. The first-order valence-corrected chi connectivity index (χ1v) is 8.70. The number of halogens is 3. The summed E-state index contributed by atoms with van der Waals surface area (Å²) >= 11 is 0. The van der Waals surface area contributed by atoms with Crippen LogP contribution in [0.15, 0.2) is 36.7 Å². The highest BCUT2D eigenvalue weighted by Gasteiger charge is 2.32. The fourth-order valence-corrected chi connectivity index (χ4v) is 2.85. The molecule has 1 fully saturated rings. The largest absolute Gasteiger partial charge is 0.433 e. The van der Waals surface area contributed by atoms with Gasteiger partial charge in [-0.05, 0) is 25.0 Å². The molecule has 1 N–H and O–H groups in total. The van der Waals surface area contributed by atoms with Crippen molar-refractivity contribution in [3.8, 4) is 11.3 Å². The Bertz CT molecular complexity index is 1020. The van der Waals surface area contributed by atoms with Crippen molar-refractivity contribution in [3.05, 3.63) is 48.0 Å². The molecule has 1 saturated carbocycles. The fourth-order valence-electron chi connectivity index (χ4n) is 2.85. The molecule has 3 aromatic rings. The van der Waals surface area contributed by atoms with E-state index < -0.39 is 11.9 Å². The molecule has 0 bridgehead atoms. The molecule has 0 spiro atoms. The Morgan fingerprint density at radius 1 is 1.32 bits per heavy atom. The molecule has 1 amide bonds. The number of hydrogen-bond donors (Lipinski definition) is 1. The van der Waals surface area contributed by atoms with Crippen LogP contribution in [0.25, 0.3) is 11.3 Å². The number of rotatable bonds is 5. The first-order valence-electron chi connectivity index (χ1n) is 8.70. The lowest BCUT2D eigenvalue weighted by Crippen LogP contribution is -2.20. The molecule has 146 valence electrons. The highest BCUT2D eigenvalue weighted by Crippen LogP contribution is 2.39. The predicted molar refractivity (Wildman–Crippen MR) is 94.3 cm³/mol. The van der Waals surface area contributed by atoms with E-state index in [1.54, 1.807) is 11.7 Å². The van der Waals surface area contributed by atoms with Gasteiger partial charge in [-0.3, -0.25) is 14.2 Å². The van der Waals surface area contributed by atoms with Crippen LogP contribution in [-0.2, 0) is 24.6 Å². The third-order valence-corrected chi connectivity index (χ3v) is 4.44. The maximum Gasteiger partial charge on any atom is 0.433 e. The van der Waals surface area contributed by atoms with Crippen molar-refractivity contribution < 1.29 is 18.0 Å². The summed E-state index contributed by atoms with van der Waals surface area (Å²) in [6, 6.07) is 5.52. The molecule has 10 heteroatoms. The highest BCUT2D eigenvalue weighted by molar-refractivity contribution is 5.89. The zero-order chi connectivity index (χ0) is 19.9. The SMILES string of the molecule is Cn1nc(C2CC2)cc1NC(=O)Cn1cc(-c2cccc(C(F)(F)F)n2)cn1. The molecule has 0 atom stereocenters. The number of hydrogen-bond acceptors (Lipinski definition) is 4. The average molecular weight is 390 g/mol. The fraction of sp³-hybridized carbons (Fsp3) is 0.333. The molecule has 0 radical (unpaired) electrons. The number of pyridine rings is 1. The standard InChI is InChI=1S/C18H17F3N6O/c1-26-16(7-14(25-26)11-5-6-11)24-17(28)10-27-9-12(8-22-27)13-3-2-4-15(23-13)18(19,20)21/h2-4,7-9,11H,5-6,10H2,1H3,(H,24,28). The van der Waals surface area contributed by atoms with Crippen LogP contribution < -0.4 is 5.32 Å². The summed E-state index contributed by atoms with van der Waals surface area (Å²) in [6.45, 7) is -0.0805. The summed E-state index contributed by atoms with van der Waals surface area (Å²) < 4.78 is 41.4. The second kappa shape index (κ2) is 6.77. The van der Waals surface area contributed by atoms with E-state index in [0.717, 1.165) is 24.6 Å². The summed E-state index contributed by atoms with van der Waals surface area (Å²) in [5.74, 6) is 0.765. The third kappa shape index (κ3) is 3.90. The van der Waals surface area contributed by atoms with Crippen molar-refractivity contribution in [3.63, 3.8) is 0 Å². The minimum atomic E-state index is -4.52. The van der Waals surface area contributed by atoms with Crippen LogP contribution in [0.1, 0.15) is 30.1 Å². The van der Waals surface area contributed by atoms with Gasteiger partial charge in [-0.15, -0.1) is 0 Å². The number of aromatic nitrogens is 5. The number of aryl methyl sites for hydroxylation is 1. The molecule has 28 heavy (non-hydrogen) atoms. The number of amides is 1. The lowest BCUT2D eigenvalue weighted by atomic mass is 10.2. The van der Waals surface area contributed by atoms with Crippen LogP contribution in [0.3, 0.4) is 0 Å². The van der Waals surface area contributed by atoms with Gasteiger partial charge in [-0.2, -0.15) is 23.4 Å². The smallest absolute Gasteiger partial charge is 0.309 e. The zero-order valence-electron chi connectivity index (χ0n) is 14.9. The lowest BCUT2D eigenvalue weighted by Gasteiger charge is -2.06. The molecule has 0 aliphatic heterocycles. The Hall–Kier alpha value is -3.17. The van der Waals surface area contributed by atoms with Crippen molar-refractivity contribution in [2.75, 3.05) is 5.32 Å². The van der Waals surface area contributed by atoms with E-state index in [4.69, 9.17) is 0 Å². The molecule has 0 unspecified atom stereocenters. The predicted octanol–water partition coefficient (Wildman–Crippen LogP) is 3.21. The van der Waals surface area contributed by atoms with Crippen LogP contribution in [0, 0.1) is 0 Å². The van der Waals surface area contributed by atoms with E-state index in [1.165, 1.54) is 29.2 Å². The average Bonchev–Trinajstić information content (AvgIpc) is 3.29. The van der Waals surface area contributed by atoms with Gasteiger partial charge in [0.1, 0.15) is 18.1 Å². The van der Waals surface area contributed by atoms with Crippen LogP contribution >= 0.6 is 0 Å². The number of nitrogens with zero attached hydrogens (tertiary/aromatic N) is 5. The van der Waals surface area contributed by atoms with Crippen LogP contribution in [0.4, 0.5) is 19.0 Å². The number of nitrogens with one attached hydrogen (secondary N) is 1. The lowest BCUT2D eigenvalue weighted by molar-refractivity contribution is -0.141. The van der Waals surface area contributed by atoms with Gasteiger partial charge in [0.15, 0.2) is 0 Å². The van der Waals surface area contributed by atoms with Gasteiger partial charge in [0.2, 0.25) is 5.91 Å². The van der Waals surface area contributed by atoms with E-state index in [0.29, 0.717) is 17.3 Å². The van der Waals surface area contributed by atoms with E-state index in [-0.39, 0.29) is 18.1 Å². The molecule has 7 nitrogen and oxygen atoms in total. The Morgan fingerprint density at radius 3 is 2.82 bits per heavy atom. The van der Waals surface area contributed by atoms with Crippen molar-refractivity contribution in [1.82, 2.24) is 24.5 Å². The minimum absolute atomic E-state index is 0.0805. The highest BCUT2D eigenvalue weighted by atomic mass is 19.4. The normalized spacial score (nSPS) is 14.3. The quantitative estimate of drug-likeness (QED) is 0.726. The number of carbonyl (C=O) groups is 1. The van der Waals surface area contributed by atoms with Gasteiger partial charge < -0.3 is 5.32 Å². The summed E-state index contributed by atoms with van der Waals surface area (Å²) in [5.41, 5.74) is 0.533. The topological polar surface area (TPSA) is 77.6 Å². The van der Waals surface area contributed by atoms with Gasteiger partial charge in [0.05, 0.1) is 17.6 Å². The monoisotopic (exact) mass is 390 g/mol. The molecular weight excluding hydrogens is 373 g/mol. The summed E-state index contributed by atoms with van der Waals surface area (Å²) in [6.07, 6.45) is 0.578. The summed E-state index contributed by atoms with van der Waals surface area (Å²) in [7, 11) is 1.76. The van der Waals surface area contributed by atoms with Gasteiger partial charge in [-0.25, -0.2) is 4.98 Å². The van der Waals surface area contributed by atoms with E-state index in [9.17, 15) is 18.0 Å². The first kappa shape index (κ1) is 18.2. The van der Waals surface area contributed by atoms with Crippen molar-refractivity contribution in [2.45, 2.75) is 31.5 Å². The van der Waals surface area contributed by atoms with E-state index >= 15 is 0 Å². The molecule has 0 saturated heterocycles. The molecule has 1 aliphatic rings. The maximum atomic E-state index is 12.8. The Balaban J connectivity index is 1.44. The summed E-state index contributed by atoms with van der Waals surface area (Å²) in [4.78, 5) is 15.9. The molecular formula is C18H17F3N6O. The van der Waals surface area contributed by atoms with Crippen molar-refractivity contribution >= 4 is 11.7 Å². The summed E-state index contributed by atoms with van der Waals surface area (Å²) in [5, 5.41) is 11.2. The van der Waals surface area contributed by atoms with Crippen LogP contribution in [0.2, 0.25) is 0 Å².